The monoisotopic (exact) mass is 502 g/mol. The van der Waals surface area contributed by atoms with E-state index in [0.717, 1.165) is 48.6 Å². The van der Waals surface area contributed by atoms with E-state index < -0.39 is 0 Å². The highest BCUT2D eigenvalue weighted by atomic mass is 16.6. The molecule has 0 atom stereocenters. The molecule has 1 amide bonds. The number of hydrogen-bond acceptors (Lipinski definition) is 8. The molecule has 0 saturated carbocycles. The highest BCUT2D eigenvalue weighted by Crippen LogP contribution is 2.24. The zero-order chi connectivity index (χ0) is 26.2. The fraction of sp³-hybridized carbons (Fsp3) is 0.321. The Kier molecular flexibility index (Phi) is 8.58. The summed E-state index contributed by atoms with van der Waals surface area (Å²) in [6.45, 7) is 7.38. The number of likely N-dealkylation sites (N-methyl/N-ethyl adjacent to an activating group) is 1. The van der Waals surface area contributed by atoms with Crippen molar-refractivity contribution in [3.05, 3.63) is 83.4 Å². The van der Waals surface area contributed by atoms with Crippen molar-refractivity contribution in [1.29, 1.82) is 0 Å². The van der Waals surface area contributed by atoms with Crippen molar-refractivity contribution in [3.63, 3.8) is 0 Å². The van der Waals surface area contributed by atoms with Crippen molar-refractivity contribution >= 4 is 23.2 Å². The van der Waals surface area contributed by atoms with E-state index in [-0.39, 0.29) is 5.91 Å². The first-order chi connectivity index (χ1) is 18.0. The van der Waals surface area contributed by atoms with Crippen LogP contribution in [0.15, 0.2) is 66.8 Å². The molecule has 0 spiro atoms. The maximum atomic E-state index is 12.1. The molecule has 1 aliphatic heterocycles. The molecule has 0 unspecified atom stereocenters. The minimum atomic E-state index is -0.319. The number of carbonyl (C=O) groups excluding carboxylic acids is 1. The fourth-order valence-electron chi connectivity index (χ4n) is 4.30. The Balaban J connectivity index is 1.34. The number of hydrogen-bond donors (Lipinski definition) is 2. The van der Waals surface area contributed by atoms with E-state index in [1.807, 2.05) is 36.7 Å². The molecule has 9 nitrogen and oxygen atoms in total. The van der Waals surface area contributed by atoms with Crippen LogP contribution in [-0.4, -0.2) is 54.6 Å². The van der Waals surface area contributed by atoms with E-state index in [2.05, 4.69) is 62.7 Å². The van der Waals surface area contributed by atoms with Gasteiger partial charge in [0.25, 0.3) is 5.91 Å². The second-order valence-electron chi connectivity index (χ2n) is 8.84. The zero-order valence-electron chi connectivity index (χ0n) is 21.8. The SMILES string of the molecule is CCN1CCN(c2ccc(Nc3ncc(CCc4cc(OC)cc(C(=O)NOC)c4)cn3)cc2)C=C1C. The number of nitrogens with zero attached hydrogens (tertiary/aromatic N) is 4. The van der Waals surface area contributed by atoms with Gasteiger partial charge in [-0.1, -0.05) is 0 Å². The second kappa shape index (κ2) is 12.2. The Bertz CT molecular complexity index is 1230. The van der Waals surface area contributed by atoms with Crippen molar-refractivity contribution in [2.24, 2.45) is 0 Å². The highest BCUT2D eigenvalue weighted by molar-refractivity contribution is 5.94. The summed E-state index contributed by atoms with van der Waals surface area (Å²) < 4.78 is 5.34. The number of aryl methyl sites for hydroxylation is 2. The van der Waals surface area contributed by atoms with Crippen LogP contribution >= 0.6 is 0 Å². The number of amides is 1. The van der Waals surface area contributed by atoms with Crippen LogP contribution in [0.5, 0.6) is 5.75 Å². The Morgan fingerprint density at radius 2 is 1.73 bits per heavy atom. The van der Waals surface area contributed by atoms with E-state index in [1.165, 1.54) is 12.8 Å². The first kappa shape index (κ1) is 26.0. The number of nitrogens with one attached hydrogen (secondary N) is 2. The van der Waals surface area contributed by atoms with Crippen LogP contribution in [0, 0.1) is 0 Å². The van der Waals surface area contributed by atoms with Gasteiger partial charge >= 0.3 is 0 Å². The van der Waals surface area contributed by atoms with Gasteiger partial charge in [-0.25, -0.2) is 15.4 Å². The molecule has 4 rings (SSSR count). The van der Waals surface area contributed by atoms with E-state index in [4.69, 9.17) is 9.57 Å². The Morgan fingerprint density at radius 3 is 2.38 bits per heavy atom. The average Bonchev–Trinajstić information content (AvgIpc) is 2.93. The maximum absolute atomic E-state index is 12.1. The van der Waals surface area contributed by atoms with Gasteiger partial charge in [0.1, 0.15) is 5.75 Å². The standard InChI is InChI=1S/C28H34N6O3/c1-5-33-12-13-34(19-20(33)2)25-10-8-24(9-11-25)31-28-29-17-22(18-30-28)7-6-21-14-23(27(35)32-37-4)16-26(15-21)36-3/h8-11,14-19H,5-7,12-13H2,1-4H3,(H,32,35)(H,29,30,31). The zero-order valence-corrected chi connectivity index (χ0v) is 21.8. The molecule has 3 aromatic rings. The molecule has 1 aliphatic rings. The summed E-state index contributed by atoms with van der Waals surface area (Å²) in [5.74, 6) is 0.846. The van der Waals surface area contributed by atoms with Crippen LogP contribution in [0.3, 0.4) is 0 Å². The summed E-state index contributed by atoms with van der Waals surface area (Å²) in [5, 5.41) is 3.27. The van der Waals surface area contributed by atoms with Crippen LogP contribution in [-0.2, 0) is 17.7 Å². The number of rotatable bonds is 10. The Labute approximate surface area is 218 Å². The maximum Gasteiger partial charge on any atom is 0.274 e. The first-order valence-corrected chi connectivity index (χ1v) is 12.4. The number of ether oxygens (including phenoxy) is 1. The molecule has 2 N–H and O–H groups in total. The number of anilines is 3. The third-order valence-electron chi connectivity index (χ3n) is 6.36. The van der Waals surface area contributed by atoms with Gasteiger partial charge in [0.05, 0.1) is 14.2 Å². The number of aromatic nitrogens is 2. The fourth-order valence-corrected chi connectivity index (χ4v) is 4.30. The summed E-state index contributed by atoms with van der Waals surface area (Å²) in [6, 6.07) is 13.7. The van der Waals surface area contributed by atoms with Crippen molar-refractivity contribution in [3.8, 4) is 5.75 Å². The van der Waals surface area contributed by atoms with Crippen molar-refractivity contribution in [2.45, 2.75) is 26.7 Å². The van der Waals surface area contributed by atoms with Gasteiger partial charge in [0, 0.05) is 60.9 Å². The van der Waals surface area contributed by atoms with Gasteiger partial charge in [0.15, 0.2) is 0 Å². The molecule has 194 valence electrons. The van der Waals surface area contributed by atoms with Crippen molar-refractivity contribution < 1.29 is 14.4 Å². The molecule has 0 radical (unpaired) electrons. The predicted octanol–water partition coefficient (Wildman–Crippen LogP) is 4.31. The molecule has 37 heavy (non-hydrogen) atoms. The van der Waals surface area contributed by atoms with E-state index >= 15 is 0 Å². The molecular weight excluding hydrogens is 468 g/mol. The lowest BCUT2D eigenvalue weighted by molar-refractivity contribution is 0.0537. The van der Waals surface area contributed by atoms with Gasteiger partial charge in [-0.15, -0.1) is 0 Å². The number of carbonyl (C=O) groups is 1. The van der Waals surface area contributed by atoms with Gasteiger partial charge in [-0.2, -0.15) is 0 Å². The predicted molar refractivity (Wildman–Crippen MR) is 145 cm³/mol. The van der Waals surface area contributed by atoms with Crippen LogP contribution < -0.4 is 20.4 Å². The molecule has 0 fully saturated rings. The summed E-state index contributed by atoms with van der Waals surface area (Å²) >= 11 is 0. The van der Waals surface area contributed by atoms with E-state index in [1.54, 1.807) is 13.2 Å². The van der Waals surface area contributed by atoms with Gasteiger partial charge < -0.3 is 19.9 Å². The van der Waals surface area contributed by atoms with Crippen molar-refractivity contribution in [2.75, 3.05) is 44.1 Å². The van der Waals surface area contributed by atoms with Gasteiger partial charge in [-0.05, 0) is 80.3 Å². The van der Waals surface area contributed by atoms with Crippen LogP contribution in [0.25, 0.3) is 0 Å². The molecule has 0 aliphatic carbocycles. The lowest BCUT2D eigenvalue weighted by Gasteiger charge is -2.34. The van der Waals surface area contributed by atoms with Crippen LogP contribution in [0.4, 0.5) is 17.3 Å². The quantitative estimate of drug-likeness (QED) is 0.397. The van der Waals surface area contributed by atoms with Crippen molar-refractivity contribution in [1.82, 2.24) is 20.3 Å². The normalized spacial score (nSPS) is 13.2. The topological polar surface area (TPSA) is 91.8 Å². The molecule has 2 heterocycles. The first-order valence-electron chi connectivity index (χ1n) is 12.4. The number of hydroxylamine groups is 1. The largest absolute Gasteiger partial charge is 0.497 e. The van der Waals surface area contributed by atoms with Gasteiger partial charge in [0.2, 0.25) is 5.95 Å². The number of methoxy groups -OCH3 is 1. The molecule has 0 saturated heterocycles. The lowest BCUT2D eigenvalue weighted by Crippen LogP contribution is -2.37. The third-order valence-corrected chi connectivity index (χ3v) is 6.36. The summed E-state index contributed by atoms with van der Waals surface area (Å²) in [6.07, 6.45) is 7.29. The minimum Gasteiger partial charge on any atom is -0.497 e. The Morgan fingerprint density at radius 1 is 1.00 bits per heavy atom. The van der Waals surface area contributed by atoms with Crippen LogP contribution in [0.1, 0.15) is 35.3 Å². The number of allylic oxidation sites excluding steroid dienone is 1. The summed E-state index contributed by atoms with van der Waals surface area (Å²) in [5.41, 5.74) is 8.17. The summed E-state index contributed by atoms with van der Waals surface area (Å²) in [4.78, 5) is 30.5. The van der Waals surface area contributed by atoms with E-state index in [9.17, 15) is 4.79 Å². The molecule has 0 bridgehead atoms. The second-order valence-corrected chi connectivity index (χ2v) is 8.84. The molecule has 2 aromatic carbocycles. The number of benzene rings is 2. The Hall–Kier alpha value is -4.11. The minimum absolute atomic E-state index is 0.319. The average molecular weight is 503 g/mol. The summed E-state index contributed by atoms with van der Waals surface area (Å²) in [7, 11) is 2.98. The lowest BCUT2D eigenvalue weighted by atomic mass is 10.0. The molecular formula is C28H34N6O3. The van der Waals surface area contributed by atoms with E-state index in [0.29, 0.717) is 23.7 Å². The molecule has 1 aromatic heterocycles. The smallest absolute Gasteiger partial charge is 0.274 e. The van der Waals surface area contributed by atoms with Gasteiger partial charge in [-0.3, -0.25) is 9.63 Å². The third kappa shape index (κ3) is 6.77. The van der Waals surface area contributed by atoms with Crippen LogP contribution in [0.2, 0.25) is 0 Å². The molecule has 9 heteroatoms. The highest BCUT2D eigenvalue weighted by Gasteiger charge is 2.15.